The Labute approximate surface area is 254 Å². The number of carbonyl (C=O) groups is 2. The van der Waals surface area contributed by atoms with E-state index in [0.717, 1.165) is 56.3 Å². The third-order valence-corrected chi connectivity index (χ3v) is 8.69. The number of unbranched alkanes of at least 4 members (excludes halogenated alkanes) is 2. The normalized spacial score (nSPS) is 18.0. The van der Waals surface area contributed by atoms with Gasteiger partial charge in [0.15, 0.2) is 0 Å². The van der Waals surface area contributed by atoms with Gasteiger partial charge in [0.1, 0.15) is 18.1 Å². The molecule has 0 spiro atoms. The Hall–Kier alpha value is -4.06. The van der Waals surface area contributed by atoms with Crippen LogP contribution in [0.4, 0.5) is 0 Å². The van der Waals surface area contributed by atoms with Gasteiger partial charge in [-0.3, -0.25) is 4.79 Å². The van der Waals surface area contributed by atoms with E-state index in [4.69, 9.17) is 14.6 Å². The summed E-state index contributed by atoms with van der Waals surface area (Å²) in [7, 11) is 0. The van der Waals surface area contributed by atoms with Crippen LogP contribution in [0.25, 0.3) is 0 Å². The van der Waals surface area contributed by atoms with E-state index < -0.39 is 11.9 Å². The molecule has 0 amide bonds. The molecule has 1 atom stereocenters. The van der Waals surface area contributed by atoms with E-state index in [9.17, 15) is 14.7 Å². The highest BCUT2D eigenvalue weighted by atomic mass is 16.5. The maximum Gasteiger partial charge on any atom is 0.335 e. The van der Waals surface area contributed by atoms with Crippen LogP contribution in [0.15, 0.2) is 83.7 Å². The first-order chi connectivity index (χ1) is 21.0. The number of aliphatic carboxylic acids is 1. The second-order valence-corrected chi connectivity index (χ2v) is 11.7. The first-order valence-electron chi connectivity index (χ1n) is 15.7. The van der Waals surface area contributed by atoms with Gasteiger partial charge >= 0.3 is 11.9 Å². The number of aryl methyl sites for hydroxylation is 2. The second-order valence-electron chi connectivity index (χ2n) is 11.7. The summed E-state index contributed by atoms with van der Waals surface area (Å²) in [5.74, 6) is -0.0586. The van der Waals surface area contributed by atoms with E-state index in [1.165, 1.54) is 47.1 Å². The average molecular weight is 583 g/mol. The van der Waals surface area contributed by atoms with Crippen molar-refractivity contribution in [2.75, 3.05) is 6.61 Å². The van der Waals surface area contributed by atoms with E-state index in [0.29, 0.717) is 25.4 Å². The van der Waals surface area contributed by atoms with Crippen LogP contribution in [0.1, 0.15) is 103 Å². The van der Waals surface area contributed by atoms with Gasteiger partial charge in [-0.05, 0) is 111 Å². The zero-order valence-electron chi connectivity index (χ0n) is 24.9. The molecule has 0 radical (unpaired) electrons. The molecule has 1 aliphatic heterocycles. The van der Waals surface area contributed by atoms with E-state index >= 15 is 0 Å². The van der Waals surface area contributed by atoms with Crippen LogP contribution < -0.4 is 4.74 Å². The average Bonchev–Trinajstić information content (AvgIpc) is 3.25. The van der Waals surface area contributed by atoms with Gasteiger partial charge in [-0.2, -0.15) is 0 Å². The zero-order chi connectivity index (χ0) is 30.0. The molecule has 0 saturated carbocycles. The van der Waals surface area contributed by atoms with E-state index in [1.54, 1.807) is 12.1 Å². The van der Waals surface area contributed by atoms with E-state index in [1.807, 2.05) is 6.07 Å². The van der Waals surface area contributed by atoms with Crippen molar-refractivity contribution in [2.24, 2.45) is 0 Å². The smallest absolute Gasteiger partial charge is 0.335 e. The summed E-state index contributed by atoms with van der Waals surface area (Å²) in [6.07, 6.45) is 21.4. The SMILES string of the molecule is O=C(O)CCCC/C=C(\CCC1=CCC=CC=C1OCc1ccc2c(c1)CCCC2)C1CCOc2cc(C(=O)O)ccc21. The molecule has 3 aliphatic rings. The van der Waals surface area contributed by atoms with Crippen LogP contribution in [-0.4, -0.2) is 28.8 Å². The van der Waals surface area contributed by atoms with Crippen molar-refractivity contribution in [1.29, 1.82) is 0 Å². The predicted octanol–water partition coefficient (Wildman–Crippen LogP) is 8.47. The van der Waals surface area contributed by atoms with Crippen molar-refractivity contribution in [3.8, 4) is 5.75 Å². The van der Waals surface area contributed by atoms with Crippen LogP contribution in [0, 0.1) is 0 Å². The molecule has 2 aromatic carbocycles. The highest BCUT2D eigenvalue weighted by Gasteiger charge is 2.26. The standard InChI is InChI=1S/C37H42O6/c38-36(39)14-6-2-3-10-28(32-21-22-42-35-24-31(37(40)41)19-20-33(32)35)17-18-29-11-4-1-5-13-34(29)43-25-26-15-16-27-9-7-8-12-30(27)23-26/h1,5,10-11,13,15-16,19-20,23-24,32H,2-4,6-9,12,14,17-18,21-22,25H2,(H,38,39)(H,40,41)/b28-10+. The van der Waals surface area contributed by atoms with Crippen LogP contribution >= 0.6 is 0 Å². The largest absolute Gasteiger partial charge is 0.493 e. The minimum Gasteiger partial charge on any atom is -0.493 e. The lowest BCUT2D eigenvalue weighted by Crippen LogP contribution is -2.17. The highest BCUT2D eigenvalue weighted by Crippen LogP contribution is 2.41. The van der Waals surface area contributed by atoms with Crippen molar-refractivity contribution >= 4 is 11.9 Å². The minimum absolute atomic E-state index is 0.124. The maximum absolute atomic E-state index is 11.6. The molecular weight excluding hydrogens is 540 g/mol. The van der Waals surface area contributed by atoms with Gasteiger partial charge in [0.05, 0.1) is 12.2 Å². The minimum atomic E-state index is -0.966. The van der Waals surface area contributed by atoms with Gasteiger partial charge in [-0.15, -0.1) is 0 Å². The monoisotopic (exact) mass is 582 g/mol. The van der Waals surface area contributed by atoms with Gasteiger partial charge in [0.2, 0.25) is 0 Å². The van der Waals surface area contributed by atoms with Crippen LogP contribution in [0.3, 0.4) is 0 Å². The summed E-state index contributed by atoms with van der Waals surface area (Å²) in [4.78, 5) is 22.6. The fraction of sp³-hybridized carbons (Fsp3) is 0.405. The molecule has 0 bridgehead atoms. The van der Waals surface area contributed by atoms with Crippen LogP contribution in [0.5, 0.6) is 5.75 Å². The first-order valence-corrected chi connectivity index (χ1v) is 15.7. The quantitative estimate of drug-likeness (QED) is 0.182. The Balaban J connectivity index is 1.30. The van der Waals surface area contributed by atoms with E-state index in [-0.39, 0.29) is 17.9 Å². The van der Waals surface area contributed by atoms with Crippen molar-refractivity contribution in [2.45, 2.75) is 89.6 Å². The summed E-state index contributed by atoms with van der Waals surface area (Å²) in [5.41, 5.74) is 7.86. The predicted molar refractivity (Wildman–Crippen MR) is 167 cm³/mol. The third-order valence-electron chi connectivity index (χ3n) is 8.69. The fourth-order valence-corrected chi connectivity index (χ4v) is 6.37. The molecular formula is C37H42O6. The summed E-state index contributed by atoms with van der Waals surface area (Å²) in [6, 6.07) is 12.0. The number of benzene rings is 2. The number of allylic oxidation sites excluding steroid dienone is 7. The van der Waals surface area contributed by atoms with Crippen molar-refractivity contribution in [3.05, 3.63) is 112 Å². The molecule has 2 aromatic rings. The lowest BCUT2D eigenvalue weighted by molar-refractivity contribution is -0.137. The second kappa shape index (κ2) is 14.9. The molecule has 5 rings (SSSR count). The molecule has 2 N–H and O–H groups in total. The Morgan fingerprint density at radius 3 is 2.70 bits per heavy atom. The topological polar surface area (TPSA) is 93.1 Å². The lowest BCUT2D eigenvalue weighted by Gasteiger charge is -2.29. The number of ether oxygens (including phenoxy) is 2. The number of carboxylic acids is 2. The first kappa shape index (κ1) is 30.4. The number of aromatic carboxylic acids is 1. The van der Waals surface area contributed by atoms with Gasteiger partial charge in [-0.1, -0.05) is 54.1 Å². The Morgan fingerprint density at radius 1 is 1.00 bits per heavy atom. The Morgan fingerprint density at radius 2 is 1.86 bits per heavy atom. The molecule has 43 heavy (non-hydrogen) atoms. The highest BCUT2D eigenvalue weighted by molar-refractivity contribution is 5.88. The molecule has 0 aromatic heterocycles. The summed E-state index contributed by atoms with van der Waals surface area (Å²) >= 11 is 0. The number of carboxylic acid groups (broad SMARTS) is 2. The molecule has 226 valence electrons. The van der Waals surface area contributed by atoms with Gasteiger partial charge < -0.3 is 19.7 Å². The Bertz CT molecular complexity index is 1440. The Kier molecular flexibility index (Phi) is 10.5. The van der Waals surface area contributed by atoms with Crippen LogP contribution in [0.2, 0.25) is 0 Å². The lowest BCUT2D eigenvalue weighted by atomic mass is 9.82. The van der Waals surface area contributed by atoms with Gasteiger partial charge in [-0.25, -0.2) is 4.79 Å². The maximum atomic E-state index is 11.6. The van der Waals surface area contributed by atoms with Gasteiger partial charge in [0.25, 0.3) is 0 Å². The number of hydrogen-bond acceptors (Lipinski definition) is 4. The van der Waals surface area contributed by atoms with Crippen molar-refractivity contribution in [1.82, 2.24) is 0 Å². The molecule has 1 heterocycles. The molecule has 2 aliphatic carbocycles. The molecule has 0 fully saturated rings. The number of fused-ring (bicyclic) bond motifs is 2. The molecule has 6 heteroatoms. The van der Waals surface area contributed by atoms with Gasteiger partial charge in [0, 0.05) is 17.9 Å². The zero-order valence-corrected chi connectivity index (χ0v) is 24.9. The fourth-order valence-electron chi connectivity index (χ4n) is 6.37. The van der Waals surface area contributed by atoms with Crippen LogP contribution in [-0.2, 0) is 29.0 Å². The third kappa shape index (κ3) is 8.28. The number of hydrogen-bond donors (Lipinski definition) is 2. The molecule has 0 saturated heterocycles. The summed E-state index contributed by atoms with van der Waals surface area (Å²) in [5, 5.41) is 18.5. The molecule has 6 nitrogen and oxygen atoms in total. The molecule has 1 unspecified atom stereocenters. The summed E-state index contributed by atoms with van der Waals surface area (Å²) in [6.45, 7) is 1.06. The summed E-state index contributed by atoms with van der Waals surface area (Å²) < 4.78 is 12.3. The van der Waals surface area contributed by atoms with Crippen molar-refractivity contribution < 1.29 is 29.3 Å². The van der Waals surface area contributed by atoms with E-state index in [2.05, 4.69) is 48.6 Å². The number of rotatable bonds is 13. The van der Waals surface area contributed by atoms with Crippen molar-refractivity contribution in [3.63, 3.8) is 0 Å².